The molecule has 2 amide bonds. The van der Waals surface area contributed by atoms with Gasteiger partial charge in [0.05, 0.1) is 4.91 Å². The Labute approximate surface area is 208 Å². The van der Waals surface area contributed by atoms with Crippen LogP contribution in [0.4, 0.5) is 9.18 Å². The smallest absolute Gasteiger partial charge is 0.413 e. The average Bonchev–Trinajstić information content (AvgIpc) is 3.13. The molecule has 2 aliphatic heterocycles. The molecule has 35 heavy (non-hydrogen) atoms. The second-order valence-corrected chi connectivity index (χ2v) is 10.8. The lowest BCUT2D eigenvalue weighted by molar-refractivity contribution is -0.152. The number of carboxylic acid groups (broad SMARTS) is 1. The highest BCUT2D eigenvalue weighted by Gasteiger charge is 2.53. The van der Waals surface area contributed by atoms with Gasteiger partial charge in [-0.25, -0.2) is 19.4 Å². The van der Waals surface area contributed by atoms with Crippen LogP contribution in [0.15, 0.2) is 28.1 Å². The lowest BCUT2D eigenvalue weighted by Gasteiger charge is -2.44. The van der Waals surface area contributed by atoms with Gasteiger partial charge in [0, 0.05) is 24.7 Å². The monoisotopic (exact) mass is 506 g/mol. The molecule has 1 atom stereocenters. The lowest BCUT2D eigenvalue weighted by Crippen LogP contribution is -2.66. The summed E-state index contributed by atoms with van der Waals surface area (Å²) in [6.07, 6.45) is 2.46. The van der Waals surface area contributed by atoms with Crippen molar-refractivity contribution in [3.05, 3.63) is 34.5 Å². The third-order valence-corrected chi connectivity index (χ3v) is 7.11. The molecule has 190 valence electrons. The SMILES string of the molecule is CC(C)[C@@](NC(=O)Oc1cc(F)ccc1C=C1SC(N2CCCCN2)=NC1=O)(C(=O)O)C(C)(C)C. The first kappa shape index (κ1) is 26.7. The highest BCUT2D eigenvalue weighted by molar-refractivity contribution is 8.18. The van der Waals surface area contributed by atoms with Crippen LogP contribution in [0.25, 0.3) is 6.08 Å². The van der Waals surface area contributed by atoms with E-state index in [0.29, 0.717) is 10.1 Å². The first-order valence-corrected chi connectivity index (χ1v) is 12.2. The molecule has 2 heterocycles. The van der Waals surface area contributed by atoms with Gasteiger partial charge < -0.3 is 15.2 Å². The summed E-state index contributed by atoms with van der Waals surface area (Å²) in [5.41, 5.74) is 0.969. The van der Waals surface area contributed by atoms with Crippen LogP contribution in [-0.2, 0) is 9.59 Å². The molecule has 9 nitrogen and oxygen atoms in total. The Hall–Kier alpha value is -2.92. The Bertz CT molecular complexity index is 1080. The normalized spacial score (nSPS) is 19.5. The first-order valence-electron chi connectivity index (χ1n) is 11.4. The van der Waals surface area contributed by atoms with Crippen molar-refractivity contribution in [2.45, 2.75) is 53.0 Å². The van der Waals surface area contributed by atoms with Crippen molar-refractivity contribution in [1.29, 1.82) is 0 Å². The van der Waals surface area contributed by atoms with Gasteiger partial charge in [0.25, 0.3) is 5.91 Å². The number of thioether (sulfide) groups is 1. The Morgan fingerprint density at radius 1 is 1.31 bits per heavy atom. The van der Waals surface area contributed by atoms with Crippen LogP contribution in [0.1, 0.15) is 53.0 Å². The molecule has 0 bridgehead atoms. The Balaban J connectivity index is 1.85. The van der Waals surface area contributed by atoms with Crippen molar-refractivity contribution in [3.8, 4) is 5.75 Å². The Kier molecular flexibility index (Phi) is 7.90. The summed E-state index contributed by atoms with van der Waals surface area (Å²) in [4.78, 5) is 42.0. The molecule has 0 aromatic heterocycles. The van der Waals surface area contributed by atoms with E-state index in [1.54, 1.807) is 34.6 Å². The van der Waals surface area contributed by atoms with Gasteiger partial charge in [0.1, 0.15) is 17.1 Å². The molecule has 3 rings (SSSR count). The van der Waals surface area contributed by atoms with Gasteiger partial charge in [-0.2, -0.15) is 4.99 Å². The van der Waals surface area contributed by atoms with Gasteiger partial charge in [-0.3, -0.25) is 9.80 Å². The number of amides is 2. The van der Waals surface area contributed by atoms with E-state index in [1.807, 2.05) is 5.01 Å². The number of rotatable bonds is 5. The number of benzene rings is 1. The molecule has 0 radical (unpaired) electrons. The fourth-order valence-electron chi connectivity index (χ4n) is 4.33. The molecule has 3 N–H and O–H groups in total. The molecule has 2 aliphatic rings. The second kappa shape index (κ2) is 10.4. The third kappa shape index (κ3) is 5.67. The van der Waals surface area contributed by atoms with Gasteiger partial charge in [-0.05, 0) is 54.1 Å². The van der Waals surface area contributed by atoms with Crippen LogP contribution in [0, 0.1) is 17.2 Å². The number of carbonyl (C=O) groups excluding carboxylic acids is 2. The quantitative estimate of drug-likeness (QED) is 0.513. The summed E-state index contributed by atoms with van der Waals surface area (Å²) >= 11 is 1.17. The number of hydrogen-bond acceptors (Lipinski definition) is 7. The average molecular weight is 507 g/mol. The van der Waals surface area contributed by atoms with Crippen molar-refractivity contribution in [1.82, 2.24) is 15.8 Å². The van der Waals surface area contributed by atoms with Crippen LogP contribution in [0.5, 0.6) is 5.75 Å². The largest absolute Gasteiger partial charge is 0.479 e. The maximum absolute atomic E-state index is 14.0. The summed E-state index contributed by atoms with van der Waals surface area (Å²) in [5, 5.41) is 14.8. The van der Waals surface area contributed by atoms with E-state index in [0.717, 1.165) is 32.0 Å². The van der Waals surface area contributed by atoms with Gasteiger partial charge in [-0.15, -0.1) is 0 Å². The fraction of sp³-hybridized carbons (Fsp3) is 0.500. The molecule has 11 heteroatoms. The minimum atomic E-state index is -1.64. The van der Waals surface area contributed by atoms with E-state index in [9.17, 15) is 23.9 Å². The van der Waals surface area contributed by atoms with Crippen LogP contribution in [0.3, 0.4) is 0 Å². The number of nitrogens with zero attached hydrogens (tertiary/aromatic N) is 2. The van der Waals surface area contributed by atoms with Gasteiger partial charge in [-0.1, -0.05) is 34.6 Å². The Morgan fingerprint density at radius 3 is 2.60 bits per heavy atom. The topological polar surface area (TPSA) is 120 Å². The predicted octanol–water partition coefficient (Wildman–Crippen LogP) is 4.01. The molecule has 0 saturated carbocycles. The maximum atomic E-state index is 14.0. The summed E-state index contributed by atoms with van der Waals surface area (Å²) in [6, 6.07) is 3.57. The zero-order valence-electron chi connectivity index (χ0n) is 20.5. The summed E-state index contributed by atoms with van der Waals surface area (Å²) in [6.45, 7) is 10.0. The molecule has 1 saturated heterocycles. The number of hydrazine groups is 1. The molecule has 1 aromatic rings. The van der Waals surface area contributed by atoms with E-state index >= 15 is 0 Å². The lowest BCUT2D eigenvalue weighted by atomic mass is 9.67. The molecule has 0 spiro atoms. The number of nitrogens with one attached hydrogen (secondary N) is 2. The third-order valence-electron chi connectivity index (χ3n) is 6.10. The van der Waals surface area contributed by atoms with Crippen LogP contribution in [0.2, 0.25) is 0 Å². The zero-order valence-corrected chi connectivity index (χ0v) is 21.3. The number of hydrogen-bond donors (Lipinski definition) is 3. The first-order chi connectivity index (χ1) is 16.3. The summed E-state index contributed by atoms with van der Waals surface area (Å²) in [7, 11) is 0. The zero-order chi connectivity index (χ0) is 26.0. The van der Waals surface area contributed by atoms with E-state index in [2.05, 4.69) is 15.7 Å². The highest BCUT2D eigenvalue weighted by atomic mass is 32.2. The molecular formula is C24H31FN4O5S. The van der Waals surface area contributed by atoms with E-state index in [4.69, 9.17) is 4.74 Å². The summed E-state index contributed by atoms with van der Waals surface area (Å²) in [5.74, 6) is -2.94. The second-order valence-electron chi connectivity index (χ2n) is 9.79. The maximum Gasteiger partial charge on any atom is 0.413 e. The summed E-state index contributed by atoms with van der Waals surface area (Å²) < 4.78 is 19.4. The number of ether oxygens (including phenoxy) is 1. The van der Waals surface area contributed by atoms with Crippen molar-refractivity contribution in [2.24, 2.45) is 16.3 Å². The van der Waals surface area contributed by atoms with Crippen LogP contribution < -0.4 is 15.5 Å². The highest BCUT2D eigenvalue weighted by Crippen LogP contribution is 2.38. The van der Waals surface area contributed by atoms with Crippen LogP contribution in [-0.4, -0.2) is 51.9 Å². The van der Waals surface area contributed by atoms with Crippen molar-refractivity contribution in [3.63, 3.8) is 0 Å². The van der Waals surface area contributed by atoms with Gasteiger partial charge >= 0.3 is 12.1 Å². The van der Waals surface area contributed by atoms with Gasteiger partial charge in [0.15, 0.2) is 5.17 Å². The Morgan fingerprint density at radius 2 is 2.03 bits per heavy atom. The minimum Gasteiger partial charge on any atom is -0.479 e. The van der Waals surface area contributed by atoms with E-state index in [1.165, 1.54) is 30.0 Å². The molecule has 0 unspecified atom stereocenters. The number of carboxylic acids is 1. The van der Waals surface area contributed by atoms with Crippen molar-refractivity contribution >= 4 is 41.0 Å². The van der Waals surface area contributed by atoms with Crippen molar-refractivity contribution < 1.29 is 28.6 Å². The number of amidine groups is 1. The molecule has 1 fully saturated rings. The number of halogens is 1. The minimum absolute atomic E-state index is 0.148. The molecule has 1 aromatic carbocycles. The van der Waals surface area contributed by atoms with E-state index < -0.39 is 40.7 Å². The fourth-order valence-corrected chi connectivity index (χ4v) is 5.24. The number of aliphatic imine (C=N–C) groups is 1. The standard InChI is InChI=1S/C24H31FN4O5S/c1-14(2)24(20(31)32,23(3,4)5)28-22(33)34-17-13-16(25)9-8-15(17)12-18-19(30)27-21(35-18)29-11-7-6-10-26-29/h8-9,12-14,26H,6-7,10-11H2,1-5H3,(H,28,33)(H,31,32)/t24-/m1/s1. The van der Waals surface area contributed by atoms with Gasteiger partial charge in [0.2, 0.25) is 0 Å². The van der Waals surface area contributed by atoms with E-state index in [-0.39, 0.29) is 11.3 Å². The number of carbonyl (C=O) groups is 3. The number of aliphatic carboxylic acids is 1. The molecular weight excluding hydrogens is 475 g/mol. The molecule has 0 aliphatic carbocycles. The predicted molar refractivity (Wildman–Crippen MR) is 132 cm³/mol. The van der Waals surface area contributed by atoms with Crippen LogP contribution >= 0.6 is 11.8 Å². The van der Waals surface area contributed by atoms with Crippen molar-refractivity contribution in [2.75, 3.05) is 13.1 Å².